The number of esters is 1. The van der Waals surface area contributed by atoms with E-state index in [4.69, 9.17) is 14.2 Å². The molecule has 9 heteroatoms. The molecule has 0 spiro atoms. The van der Waals surface area contributed by atoms with Gasteiger partial charge in [0.15, 0.2) is 0 Å². The predicted octanol–water partition coefficient (Wildman–Crippen LogP) is 5.87. The number of benzene rings is 2. The van der Waals surface area contributed by atoms with Gasteiger partial charge in [0, 0.05) is 37.3 Å². The molecule has 2 amide bonds. The van der Waals surface area contributed by atoms with Crippen LogP contribution in [0.4, 0.5) is 4.79 Å². The maximum Gasteiger partial charge on any atom is 0.343 e. The van der Waals surface area contributed by atoms with Crippen LogP contribution >= 0.6 is 0 Å². The summed E-state index contributed by atoms with van der Waals surface area (Å²) in [6.45, 7) is 6.58. The number of hydrogen-bond donors (Lipinski definition) is 2. The van der Waals surface area contributed by atoms with Crippen LogP contribution in [0.1, 0.15) is 50.8 Å². The maximum atomic E-state index is 13.2. The van der Waals surface area contributed by atoms with E-state index in [0.29, 0.717) is 31.0 Å². The van der Waals surface area contributed by atoms with Crippen molar-refractivity contribution in [1.82, 2.24) is 14.9 Å². The third-order valence-corrected chi connectivity index (χ3v) is 7.09. The van der Waals surface area contributed by atoms with Crippen LogP contribution in [0, 0.1) is 0 Å². The number of urea groups is 1. The summed E-state index contributed by atoms with van der Waals surface area (Å²) in [4.78, 5) is 30.9. The number of H-pyrrole nitrogens is 1. The first-order chi connectivity index (χ1) is 19.0. The molecule has 2 heterocycles. The van der Waals surface area contributed by atoms with E-state index in [-0.39, 0.29) is 18.3 Å². The SMILES string of the molecule is COc1ccc(-c2[nH]c(C3CCN(C(=O)N(C)O)CC3)c(CC(=O)OC(C)(C)C)c2-c2ccc(OC)cc2)cc1. The fourth-order valence-electron chi connectivity index (χ4n) is 5.23. The van der Waals surface area contributed by atoms with Gasteiger partial charge in [-0.3, -0.25) is 10.0 Å². The highest BCUT2D eigenvalue weighted by Crippen LogP contribution is 2.43. The molecule has 0 unspecified atom stereocenters. The lowest BCUT2D eigenvalue weighted by atomic mass is 9.88. The standard InChI is InChI=1S/C31H39N3O6/c1-31(2,3)40-26(35)19-25-27(20-7-11-23(38-5)12-8-20)29(21-9-13-24(39-6)14-10-21)32-28(25)22-15-17-34(18-16-22)30(36)33(4)37/h7-14,22,32,37H,15-19H2,1-6H3. The molecule has 1 fully saturated rings. The Labute approximate surface area is 235 Å². The quantitative estimate of drug-likeness (QED) is 0.217. The lowest BCUT2D eigenvalue weighted by Crippen LogP contribution is -2.43. The molecule has 0 aliphatic carbocycles. The van der Waals surface area contributed by atoms with Crippen molar-refractivity contribution in [2.45, 2.75) is 51.6 Å². The van der Waals surface area contributed by atoms with Gasteiger partial charge in [0.05, 0.1) is 26.3 Å². The van der Waals surface area contributed by atoms with Gasteiger partial charge in [-0.2, -0.15) is 0 Å². The minimum absolute atomic E-state index is 0.0782. The lowest BCUT2D eigenvalue weighted by molar-refractivity contribution is -0.153. The first kappa shape index (κ1) is 29.0. The monoisotopic (exact) mass is 549 g/mol. The van der Waals surface area contributed by atoms with Gasteiger partial charge in [0.1, 0.15) is 17.1 Å². The summed E-state index contributed by atoms with van der Waals surface area (Å²) in [7, 11) is 4.60. The topological polar surface area (TPSA) is 104 Å². The number of likely N-dealkylation sites (tertiary alicyclic amines) is 1. The second kappa shape index (κ2) is 12.0. The van der Waals surface area contributed by atoms with Crippen LogP contribution in [0.2, 0.25) is 0 Å². The largest absolute Gasteiger partial charge is 0.497 e. The van der Waals surface area contributed by atoms with Crippen LogP contribution in [-0.4, -0.2) is 72.1 Å². The van der Waals surface area contributed by atoms with E-state index in [9.17, 15) is 14.8 Å². The molecule has 2 N–H and O–H groups in total. The normalized spacial score (nSPS) is 14.1. The first-order valence-electron chi connectivity index (χ1n) is 13.5. The van der Waals surface area contributed by atoms with Crippen LogP contribution in [-0.2, 0) is 16.0 Å². The molecule has 2 aromatic carbocycles. The number of hydrogen-bond acceptors (Lipinski definition) is 6. The molecule has 0 atom stereocenters. The van der Waals surface area contributed by atoms with Crippen LogP contribution < -0.4 is 9.47 Å². The maximum absolute atomic E-state index is 13.2. The predicted molar refractivity (Wildman–Crippen MR) is 153 cm³/mol. The van der Waals surface area contributed by atoms with Crippen molar-refractivity contribution in [2.24, 2.45) is 0 Å². The van der Waals surface area contributed by atoms with Crippen molar-refractivity contribution in [3.05, 3.63) is 59.8 Å². The number of aromatic amines is 1. The van der Waals surface area contributed by atoms with Crippen molar-refractivity contribution in [2.75, 3.05) is 34.4 Å². The molecular formula is C31H39N3O6. The van der Waals surface area contributed by atoms with Gasteiger partial charge in [-0.1, -0.05) is 12.1 Å². The minimum atomic E-state index is -0.616. The first-order valence-corrected chi connectivity index (χ1v) is 13.5. The molecule has 0 bridgehead atoms. The number of aromatic nitrogens is 1. The molecule has 0 radical (unpaired) electrons. The Morgan fingerprint density at radius 1 is 0.950 bits per heavy atom. The molecule has 40 heavy (non-hydrogen) atoms. The highest BCUT2D eigenvalue weighted by molar-refractivity contribution is 5.89. The van der Waals surface area contributed by atoms with Gasteiger partial charge in [0.2, 0.25) is 0 Å². The summed E-state index contributed by atoms with van der Waals surface area (Å²) >= 11 is 0. The number of nitrogens with zero attached hydrogens (tertiary/aromatic N) is 2. The van der Waals surface area contributed by atoms with Gasteiger partial charge in [-0.05, 0) is 86.7 Å². The molecular weight excluding hydrogens is 510 g/mol. The zero-order valence-electron chi connectivity index (χ0n) is 24.1. The molecule has 1 aliphatic rings. The van der Waals surface area contributed by atoms with Crippen LogP contribution in [0.3, 0.4) is 0 Å². The van der Waals surface area contributed by atoms with Gasteiger partial charge < -0.3 is 24.1 Å². The number of carbonyl (C=O) groups excluding carboxylic acids is 2. The second-order valence-corrected chi connectivity index (χ2v) is 11.1. The van der Waals surface area contributed by atoms with Crippen molar-refractivity contribution >= 4 is 12.0 Å². The fourth-order valence-corrected chi connectivity index (χ4v) is 5.23. The Bertz CT molecular complexity index is 1310. The third kappa shape index (κ3) is 6.59. The lowest BCUT2D eigenvalue weighted by Gasteiger charge is -2.33. The van der Waals surface area contributed by atoms with Crippen LogP contribution in [0.5, 0.6) is 11.5 Å². The summed E-state index contributed by atoms with van der Waals surface area (Å²) in [5, 5.41) is 10.2. The minimum Gasteiger partial charge on any atom is -0.497 e. The number of nitrogens with one attached hydrogen (secondary N) is 1. The van der Waals surface area contributed by atoms with E-state index in [1.165, 1.54) is 7.05 Å². The average molecular weight is 550 g/mol. The third-order valence-electron chi connectivity index (χ3n) is 7.09. The zero-order valence-corrected chi connectivity index (χ0v) is 24.1. The molecule has 214 valence electrons. The molecule has 0 saturated carbocycles. The summed E-state index contributed by atoms with van der Waals surface area (Å²) in [6, 6.07) is 15.2. The summed E-state index contributed by atoms with van der Waals surface area (Å²) in [6.07, 6.45) is 1.47. The van der Waals surface area contributed by atoms with Gasteiger partial charge in [-0.15, -0.1) is 0 Å². The number of piperidine rings is 1. The Hall–Kier alpha value is -3.98. The Balaban J connectivity index is 1.83. The van der Waals surface area contributed by atoms with E-state index < -0.39 is 11.6 Å². The number of amides is 2. The molecule has 4 rings (SSSR count). The number of rotatable bonds is 7. The molecule has 9 nitrogen and oxygen atoms in total. The summed E-state index contributed by atoms with van der Waals surface area (Å²) in [5.41, 5.74) is 4.97. The number of carbonyl (C=O) groups is 2. The van der Waals surface area contributed by atoms with Crippen molar-refractivity contribution in [3.8, 4) is 33.9 Å². The summed E-state index contributed by atoms with van der Waals surface area (Å²) < 4.78 is 16.5. The second-order valence-electron chi connectivity index (χ2n) is 11.1. The zero-order chi connectivity index (χ0) is 29.0. The smallest absolute Gasteiger partial charge is 0.343 e. The van der Waals surface area contributed by atoms with Crippen LogP contribution in [0.25, 0.3) is 22.4 Å². The van der Waals surface area contributed by atoms with Crippen LogP contribution in [0.15, 0.2) is 48.5 Å². The van der Waals surface area contributed by atoms with Gasteiger partial charge in [0.25, 0.3) is 0 Å². The Kier molecular flexibility index (Phi) is 8.73. The number of methoxy groups -OCH3 is 2. The van der Waals surface area contributed by atoms with E-state index >= 15 is 0 Å². The van der Waals surface area contributed by atoms with E-state index in [1.54, 1.807) is 19.1 Å². The number of ether oxygens (including phenoxy) is 3. The van der Waals surface area contributed by atoms with E-state index in [2.05, 4.69) is 4.98 Å². The molecule has 1 aromatic heterocycles. The van der Waals surface area contributed by atoms with Crippen molar-refractivity contribution in [3.63, 3.8) is 0 Å². The van der Waals surface area contributed by atoms with Crippen molar-refractivity contribution in [1.29, 1.82) is 0 Å². The van der Waals surface area contributed by atoms with E-state index in [0.717, 1.165) is 45.1 Å². The Morgan fingerprint density at radius 2 is 1.48 bits per heavy atom. The Morgan fingerprint density at radius 3 is 1.95 bits per heavy atom. The highest BCUT2D eigenvalue weighted by atomic mass is 16.6. The van der Waals surface area contributed by atoms with Gasteiger partial charge in [-0.25, -0.2) is 9.86 Å². The molecule has 1 saturated heterocycles. The summed E-state index contributed by atoms with van der Waals surface area (Å²) in [5.74, 6) is 1.26. The van der Waals surface area contributed by atoms with E-state index in [1.807, 2.05) is 69.3 Å². The van der Waals surface area contributed by atoms with Gasteiger partial charge >= 0.3 is 12.0 Å². The molecule has 1 aliphatic heterocycles. The average Bonchev–Trinajstić information content (AvgIpc) is 3.30. The fraction of sp³-hybridized carbons (Fsp3) is 0.419. The van der Waals surface area contributed by atoms with Crippen molar-refractivity contribution < 1.29 is 29.0 Å². The number of hydroxylamine groups is 2. The molecule has 3 aromatic rings. The highest BCUT2D eigenvalue weighted by Gasteiger charge is 2.32.